The molecular weight excluding hydrogens is 343 g/mol. The van der Waals surface area contributed by atoms with Gasteiger partial charge < -0.3 is 10.1 Å². The Balaban J connectivity index is 1.87. The highest BCUT2D eigenvalue weighted by atomic mass is 19.1. The molecular formula is C22H29FN2O2. The van der Waals surface area contributed by atoms with E-state index in [2.05, 4.69) is 31.0 Å². The van der Waals surface area contributed by atoms with Gasteiger partial charge in [0, 0.05) is 18.2 Å². The largest absolute Gasteiger partial charge is 0.488 e. The van der Waals surface area contributed by atoms with E-state index < -0.39 is 5.82 Å². The number of carbonyl (C=O) groups excluding carboxylic acids is 1. The highest BCUT2D eigenvalue weighted by Crippen LogP contribution is 2.15. The molecule has 1 amide bonds. The summed E-state index contributed by atoms with van der Waals surface area (Å²) < 4.78 is 19.0. The molecule has 5 heteroatoms. The van der Waals surface area contributed by atoms with Crippen molar-refractivity contribution < 1.29 is 13.9 Å². The maximum atomic E-state index is 13.6. The van der Waals surface area contributed by atoms with Crippen LogP contribution in [0.3, 0.4) is 0 Å². The molecule has 1 unspecified atom stereocenters. The van der Waals surface area contributed by atoms with Crippen LogP contribution in [0.5, 0.6) is 5.75 Å². The quantitative estimate of drug-likeness (QED) is 0.715. The number of rotatable bonds is 9. The van der Waals surface area contributed by atoms with Crippen molar-refractivity contribution in [1.82, 2.24) is 10.2 Å². The molecule has 0 bridgehead atoms. The molecule has 2 aromatic rings. The van der Waals surface area contributed by atoms with Gasteiger partial charge in [0.1, 0.15) is 6.61 Å². The summed E-state index contributed by atoms with van der Waals surface area (Å²) in [6.07, 6.45) is 0. The second-order valence-corrected chi connectivity index (χ2v) is 6.97. The van der Waals surface area contributed by atoms with Gasteiger partial charge in [-0.15, -0.1) is 0 Å². The van der Waals surface area contributed by atoms with E-state index in [1.54, 1.807) is 18.2 Å². The molecule has 0 radical (unpaired) electrons. The SMILES string of the molecule is CCN(Cc1ccc(C(=O)NC(C)COc2ccccc2F)cc1)C(C)C. The van der Waals surface area contributed by atoms with Crippen molar-refractivity contribution in [2.75, 3.05) is 13.2 Å². The molecule has 0 heterocycles. The zero-order chi connectivity index (χ0) is 19.8. The fourth-order valence-electron chi connectivity index (χ4n) is 2.78. The van der Waals surface area contributed by atoms with Gasteiger partial charge in [-0.3, -0.25) is 9.69 Å². The van der Waals surface area contributed by atoms with Crippen LogP contribution in [0.15, 0.2) is 48.5 Å². The van der Waals surface area contributed by atoms with Crippen LogP contribution in [-0.4, -0.2) is 36.0 Å². The normalized spacial score (nSPS) is 12.3. The molecule has 0 saturated carbocycles. The van der Waals surface area contributed by atoms with Crippen molar-refractivity contribution in [3.63, 3.8) is 0 Å². The van der Waals surface area contributed by atoms with Gasteiger partial charge in [0.25, 0.3) is 5.91 Å². The third-order valence-corrected chi connectivity index (χ3v) is 4.44. The van der Waals surface area contributed by atoms with E-state index in [-0.39, 0.29) is 24.3 Å². The zero-order valence-electron chi connectivity index (χ0n) is 16.5. The van der Waals surface area contributed by atoms with E-state index in [4.69, 9.17) is 4.74 Å². The lowest BCUT2D eigenvalue weighted by molar-refractivity contribution is 0.0926. The maximum Gasteiger partial charge on any atom is 0.251 e. The first-order valence-corrected chi connectivity index (χ1v) is 9.41. The lowest BCUT2D eigenvalue weighted by Crippen LogP contribution is -2.36. The lowest BCUT2D eigenvalue weighted by Gasteiger charge is -2.24. The third-order valence-electron chi connectivity index (χ3n) is 4.44. The highest BCUT2D eigenvalue weighted by Gasteiger charge is 2.12. The molecule has 0 aliphatic rings. The summed E-state index contributed by atoms with van der Waals surface area (Å²) in [6, 6.07) is 14.1. The minimum Gasteiger partial charge on any atom is -0.488 e. The monoisotopic (exact) mass is 372 g/mol. The molecule has 0 saturated heterocycles. The second-order valence-electron chi connectivity index (χ2n) is 6.97. The first kappa shape index (κ1) is 20.9. The number of hydrogen-bond acceptors (Lipinski definition) is 3. The van der Waals surface area contributed by atoms with Gasteiger partial charge in [0.05, 0.1) is 6.04 Å². The third kappa shape index (κ3) is 6.36. The Morgan fingerprint density at radius 1 is 1.11 bits per heavy atom. The number of benzene rings is 2. The Morgan fingerprint density at radius 2 is 1.78 bits per heavy atom. The van der Waals surface area contributed by atoms with Gasteiger partial charge in [-0.2, -0.15) is 0 Å². The Bertz CT molecular complexity index is 731. The van der Waals surface area contributed by atoms with E-state index in [9.17, 15) is 9.18 Å². The van der Waals surface area contributed by atoms with Crippen molar-refractivity contribution in [3.05, 3.63) is 65.5 Å². The smallest absolute Gasteiger partial charge is 0.251 e. The Morgan fingerprint density at radius 3 is 2.37 bits per heavy atom. The van der Waals surface area contributed by atoms with Crippen molar-refractivity contribution in [3.8, 4) is 5.75 Å². The number of hydrogen-bond donors (Lipinski definition) is 1. The molecule has 0 fully saturated rings. The minimum absolute atomic E-state index is 0.164. The van der Waals surface area contributed by atoms with E-state index in [0.717, 1.165) is 13.1 Å². The molecule has 0 aromatic heterocycles. The summed E-state index contributed by atoms with van der Waals surface area (Å²) in [6.45, 7) is 10.4. The summed E-state index contributed by atoms with van der Waals surface area (Å²) in [7, 11) is 0. The lowest BCUT2D eigenvalue weighted by atomic mass is 10.1. The van der Waals surface area contributed by atoms with Crippen LogP contribution in [-0.2, 0) is 6.54 Å². The molecule has 0 aliphatic carbocycles. The van der Waals surface area contributed by atoms with E-state index in [0.29, 0.717) is 11.6 Å². The van der Waals surface area contributed by atoms with Crippen molar-refractivity contribution in [1.29, 1.82) is 0 Å². The minimum atomic E-state index is -0.408. The average Bonchev–Trinajstić information content (AvgIpc) is 2.65. The fourth-order valence-corrected chi connectivity index (χ4v) is 2.78. The summed E-state index contributed by atoms with van der Waals surface area (Å²) in [5, 5.41) is 2.88. The summed E-state index contributed by atoms with van der Waals surface area (Å²) in [4.78, 5) is 14.7. The van der Waals surface area contributed by atoms with Gasteiger partial charge in [-0.1, -0.05) is 31.2 Å². The maximum absolute atomic E-state index is 13.6. The van der Waals surface area contributed by atoms with E-state index in [1.165, 1.54) is 11.6 Å². The topological polar surface area (TPSA) is 41.6 Å². The second kappa shape index (κ2) is 10.1. The number of para-hydroxylation sites is 1. The van der Waals surface area contributed by atoms with Crippen molar-refractivity contribution >= 4 is 5.91 Å². The van der Waals surface area contributed by atoms with Crippen LogP contribution in [0, 0.1) is 5.82 Å². The zero-order valence-corrected chi connectivity index (χ0v) is 16.5. The number of carbonyl (C=O) groups is 1. The highest BCUT2D eigenvalue weighted by molar-refractivity contribution is 5.94. The summed E-state index contributed by atoms with van der Waals surface area (Å²) >= 11 is 0. The van der Waals surface area contributed by atoms with Crippen LogP contribution in [0.25, 0.3) is 0 Å². The van der Waals surface area contributed by atoms with Gasteiger partial charge in [0.2, 0.25) is 0 Å². The first-order chi connectivity index (χ1) is 12.9. The van der Waals surface area contributed by atoms with Gasteiger partial charge in [0.15, 0.2) is 11.6 Å². The van der Waals surface area contributed by atoms with Crippen LogP contribution in [0.4, 0.5) is 4.39 Å². The molecule has 1 N–H and O–H groups in total. The van der Waals surface area contributed by atoms with Crippen LogP contribution in [0.2, 0.25) is 0 Å². The van der Waals surface area contributed by atoms with Crippen molar-refractivity contribution in [2.24, 2.45) is 0 Å². The van der Waals surface area contributed by atoms with Crippen LogP contribution < -0.4 is 10.1 Å². The Labute approximate surface area is 161 Å². The number of ether oxygens (including phenoxy) is 1. The Hall–Kier alpha value is -2.40. The van der Waals surface area contributed by atoms with Crippen LogP contribution in [0.1, 0.15) is 43.6 Å². The number of nitrogens with zero attached hydrogens (tertiary/aromatic N) is 1. The van der Waals surface area contributed by atoms with E-state index >= 15 is 0 Å². The molecule has 2 rings (SSSR count). The predicted octanol–water partition coefficient (Wildman–Crippen LogP) is 4.25. The molecule has 27 heavy (non-hydrogen) atoms. The van der Waals surface area contributed by atoms with Crippen molar-refractivity contribution in [2.45, 2.75) is 46.3 Å². The van der Waals surface area contributed by atoms with E-state index in [1.807, 2.05) is 31.2 Å². The predicted molar refractivity (Wildman–Crippen MR) is 106 cm³/mol. The molecule has 146 valence electrons. The summed E-state index contributed by atoms with van der Waals surface area (Å²) in [5.74, 6) is -0.384. The molecule has 1 atom stereocenters. The van der Waals surface area contributed by atoms with Gasteiger partial charge in [-0.25, -0.2) is 4.39 Å². The molecule has 4 nitrogen and oxygen atoms in total. The number of halogens is 1. The number of nitrogens with one attached hydrogen (secondary N) is 1. The molecule has 2 aromatic carbocycles. The number of amides is 1. The fraction of sp³-hybridized carbons (Fsp3) is 0.409. The van der Waals surface area contributed by atoms with Gasteiger partial charge >= 0.3 is 0 Å². The molecule has 0 spiro atoms. The standard InChI is InChI=1S/C22H29FN2O2/c1-5-25(16(2)3)14-18-10-12-19(13-11-18)22(26)24-17(4)15-27-21-9-7-6-8-20(21)23/h6-13,16-17H,5,14-15H2,1-4H3,(H,24,26). The molecule has 0 aliphatic heterocycles. The first-order valence-electron chi connectivity index (χ1n) is 9.41. The average molecular weight is 372 g/mol. The van der Waals surface area contributed by atoms with Crippen LogP contribution >= 0.6 is 0 Å². The Kier molecular flexibility index (Phi) is 7.80. The summed E-state index contributed by atoms with van der Waals surface area (Å²) in [5.41, 5.74) is 1.78. The van der Waals surface area contributed by atoms with Gasteiger partial charge in [-0.05, 0) is 57.1 Å².